The normalized spacial score (nSPS) is 31.5. The minimum atomic E-state index is 0.269. The van der Waals surface area contributed by atoms with Crippen LogP contribution in [0.25, 0.3) is 0 Å². The van der Waals surface area contributed by atoms with E-state index in [1.54, 1.807) is 0 Å². The first-order chi connectivity index (χ1) is 6.70. The zero-order chi connectivity index (χ0) is 10.0. The van der Waals surface area contributed by atoms with Crippen molar-refractivity contribution in [3.63, 3.8) is 0 Å². The van der Waals surface area contributed by atoms with Gasteiger partial charge in [-0.2, -0.15) is 0 Å². The Morgan fingerprint density at radius 3 is 2.64 bits per heavy atom. The van der Waals surface area contributed by atoms with Crippen LogP contribution in [0.15, 0.2) is 0 Å². The van der Waals surface area contributed by atoms with Gasteiger partial charge >= 0.3 is 0 Å². The molecule has 0 bridgehead atoms. The molecule has 1 unspecified atom stereocenters. The summed E-state index contributed by atoms with van der Waals surface area (Å²) in [5.74, 6) is 0.797. The van der Waals surface area contributed by atoms with Gasteiger partial charge in [0.1, 0.15) is 0 Å². The topological polar surface area (TPSA) is 36.1 Å². The quantitative estimate of drug-likeness (QED) is 0.609. The molecule has 0 aromatic heterocycles. The van der Waals surface area contributed by atoms with Crippen molar-refractivity contribution in [2.45, 2.75) is 44.8 Å². The van der Waals surface area contributed by atoms with E-state index in [0.717, 1.165) is 25.6 Å². The van der Waals surface area contributed by atoms with Gasteiger partial charge in [0.05, 0.1) is 5.66 Å². The molecule has 2 aliphatic rings. The second-order valence-electron chi connectivity index (χ2n) is 5.18. The molecular weight excluding hydrogens is 174 g/mol. The molecule has 14 heavy (non-hydrogen) atoms. The predicted octanol–water partition coefficient (Wildman–Crippen LogP) is 0.674. The molecule has 2 rings (SSSR count). The van der Waals surface area contributed by atoms with E-state index in [2.05, 4.69) is 29.8 Å². The van der Waals surface area contributed by atoms with Crippen molar-refractivity contribution in [3.8, 4) is 0 Å². The molecule has 2 saturated heterocycles. The number of piperidine rings is 1. The maximum atomic E-state index is 3.79. The van der Waals surface area contributed by atoms with Crippen molar-refractivity contribution in [2.24, 2.45) is 5.92 Å². The van der Waals surface area contributed by atoms with Gasteiger partial charge < -0.3 is 5.32 Å². The molecule has 3 nitrogen and oxygen atoms in total. The Morgan fingerprint density at radius 2 is 2.00 bits per heavy atom. The van der Waals surface area contributed by atoms with Gasteiger partial charge in [-0.1, -0.05) is 13.8 Å². The fourth-order valence-electron chi connectivity index (χ4n) is 2.70. The molecule has 0 aromatic rings. The van der Waals surface area contributed by atoms with Gasteiger partial charge in [0.15, 0.2) is 0 Å². The third-order valence-electron chi connectivity index (χ3n) is 3.38. The number of hydrogen-bond donors (Lipinski definition) is 3. The van der Waals surface area contributed by atoms with Gasteiger partial charge in [0, 0.05) is 12.6 Å². The van der Waals surface area contributed by atoms with Crippen molar-refractivity contribution in [3.05, 3.63) is 0 Å². The standard InChI is InChI=1S/C11H23N3/c1-9(2)7-10-8-13-11(14-10)3-5-12-6-4-11/h9-10,12-14H,3-8H2,1-2H3. The summed E-state index contributed by atoms with van der Waals surface area (Å²) in [6.07, 6.45) is 3.74. The summed E-state index contributed by atoms with van der Waals surface area (Å²) in [5, 5.41) is 10.9. The van der Waals surface area contributed by atoms with Crippen LogP contribution >= 0.6 is 0 Å². The van der Waals surface area contributed by atoms with E-state index in [1.165, 1.54) is 19.3 Å². The molecule has 3 N–H and O–H groups in total. The van der Waals surface area contributed by atoms with Gasteiger partial charge in [-0.05, 0) is 38.3 Å². The lowest BCUT2D eigenvalue weighted by molar-refractivity contribution is 0.235. The van der Waals surface area contributed by atoms with Crippen LogP contribution in [-0.2, 0) is 0 Å². The first-order valence-electron chi connectivity index (χ1n) is 5.94. The van der Waals surface area contributed by atoms with E-state index in [9.17, 15) is 0 Å². The molecule has 0 amide bonds. The highest BCUT2D eigenvalue weighted by Crippen LogP contribution is 2.22. The number of hydrogen-bond acceptors (Lipinski definition) is 3. The molecule has 3 heteroatoms. The van der Waals surface area contributed by atoms with Crippen LogP contribution in [0.2, 0.25) is 0 Å². The summed E-state index contributed by atoms with van der Waals surface area (Å²) in [5.41, 5.74) is 0.269. The van der Waals surface area contributed by atoms with Crippen LogP contribution in [0.5, 0.6) is 0 Å². The number of rotatable bonds is 2. The Bertz CT molecular complexity index is 185. The van der Waals surface area contributed by atoms with Gasteiger partial charge in [-0.3, -0.25) is 10.6 Å². The van der Waals surface area contributed by atoms with Gasteiger partial charge in [0.2, 0.25) is 0 Å². The SMILES string of the molecule is CC(C)CC1CNC2(CCNCC2)N1. The molecule has 0 radical (unpaired) electrons. The molecule has 1 spiro atoms. The average Bonchev–Trinajstić information content (AvgIpc) is 2.49. The van der Waals surface area contributed by atoms with Crippen molar-refractivity contribution in [2.75, 3.05) is 19.6 Å². The van der Waals surface area contributed by atoms with Crippen molar-refractivity contribution in [1.82, 2.24) is 16.0 Å². The van der Waals surface area contributed by atoms with Crippen molar-refractivity contribution >= 4 is 0 Å². The fraction of sp³-hybridized carbons (Fsp3) is 1.00. The highest BCUT2D eigenvalue weighted by atomic mass is 15.3. The minimum absolute atomic E-state index is 0.269. The van der Waals surface area contributed by atoms with E-state index in [0.29, 0.717) is 6.04 Å². The Balaban J connectivity index is 1.86. The summed E-state index contributed by atoms with van der Waals surface area (Å²) in [4.78, 5) is 0. The molecule has 1 atom stereocenters. The summed E-state index contributed by atoms with van der Waals surface area (Å²) < 4.78 is 0. The lowest BCUT2D eigenvalue weighted by Gasteiger charge is -2.35. The zero-order valence-electron chi connectivity index (χ0n) is 9.40. The van der Waals surface area contributed by atoms with Crippen LogP contribution in [-0.4, -0.2) is 31.3 Å². The average molecular weight is 197 g/mol. The van der Waals surface area contributed by atoms with Gasteiger partial charge in [0.25, 0.3) is 0 Å². The van der Waals surface area contributed by atoms with Gasteiger partial charge in [-0.25, -0.2) is 0 Å². The first kappa shape index (κ1) is 10.4. The van der Waals surface area contributed by atoms with E-state index in [4.69, 9.17) is 0 Å². The smallest absolute Gasteiger partial charge is 0.0714 e. The van der Waals surface area contributed by atoms with Crippen LogP contribution in [0, 0.1) is 5.92 Å². The maximum Gasteiger partial charge on any atom is 0.0714 e. The Hall–Kier alpha value is -0.120. The zero-order valence-corrected chi connectivity index (χ0v) is 9.40. The third-order valence-corrected chi connectivity index (χ3v) is 3.38. The van der Waals surface area contributed by atoms with Crippen molar-refractivity contribution in [1.29, 1.82) is 0 Å². The lowest BCUT2D eigenvalue weighted by Crippen LogP contribution is -2.56. The van der Waals surface area contributed by atoms with E-state index in [1.807, 2.05) is 0 Å². The molecule has 2 fully saturated rings. The first-order valence-corrected chi connectivity index (χ1v) is 5.94. The van der Waals surface area contributed by atoms with Crippen molar-refractivity contribution < 1.29 is 0 Å². The summed E-state index contributed by atoms with van der Waals surface area (Å²) in [7, 11) is 0. The van der Waals surface area contributed by atoms with Crippen LogP contribution in [0.3, 0.4) is 0 Å². The molecule has 82 valence electrons. The Morgan fingerprint density at radius 1 is 1.29 bits per heavy atom. The minimum Gasteiger partial charge on any atom is -0.316 e. The van der Waals surface area contributed by atoms with Gasteiger partial charge in [-0.15, -0.1) is 0 Å². The Kier molecular flexibility index (Phi) is 3.10. The largest absolute Gasteiger partial charge is 0.316 e. The molecular formula is C11H23N3. The lowest BCUT2D eigenvalue weighted by atomic mass is 9.98. The van der Waals surface area contributed by atoms with E-state index >= 15 is 0 Å². The second kappa shape index (κ2) is 4.17. The number of nitrogens with one attached hydrogen (secondary N) is 3. The van der Waals surface area contributed by atoms with Crippen LogP contribution in [0.4, 0.5) is 0 Å². The summed E-state index contributed by atoms with van der Waals surface area (Å²) >= 11 is 0. The predicted molar refractivity (Wildman–Crippen MR) is 59.2 cm³/mol. The van der Waals surface area contributed by atoms with E-state index in [-0.39, 0.29) is 5.66 Å². The van der Waals surface area contributed by atoms with Crippen LogP contribution < -0.4 is 16.0 Å². The molecule has 2 heterocycles. The fourth-order valence-corrected chi connectivity index (χ4v) is 2.70. The molecule has 0 aliphatic carbocycles. The monoisotopic (exact) mass is 197 g/mol. The highest BCUT2D eigenvalue weighted by Gasteiger charge is 2.38. The van der Waals surface area contributed by atoms with E-state index < -0.39 is 0 Å². The highest BCUT2D eigenvalue weighted by molar-refractivity contribution is 4.98. The summed E-state index contributed by atoms with van der Waals surface area (Å²) in [6, 6.07) is 0.688. The second-order valence-corrected chi connectivity index (χ2v) is 5.18. The molecule has 0 saturated carbocycles. The van der Waals surface area contributed by atoms with Crippen LogP contribution in [0.1, 0.15) is 33.1 Å². The molecule has 2 aliphatic heterocycles. The maximum absolute atomic E-state index is 3.79. The third kappa shape index (κ3) is 2.27. The molecule has 0 aromatic carbocycles. The Labute approximate surface area is 87.0 Å². The summed E-state index contributed by atoms with van der Waals surface area (Å²) in [6.45, 7) is 8.05.